The normalized spacial score (nSPS) is 13.4. The predicted octanol–water partition coefficient (Wildman–Crippen LogP) is 9.50. The van der Waals surface area contributed by atoms with E-state index in [2.05, 4.69) is 22.1 Å². The third-order valence-electron chi connectivity index (χ3n) is 7.11. The molecule has 7 heteroatoms. The molecule has 1 atom stereocenters. The van der Waals surface area contributed by atoms with Crippen LogP contribution < -0.4 is 0 Å². The molecule has 0 bridgehead atoms. The number of halogens is 1. The summed E-state index contributed by atoms with van der Waals surface area (Å²) in [6.45, 7) is 8.11. The molecular weight excluding hydrogens is 522 g/mol. The number of aliphatic imine (C=N–C) groups is 1. The quantitative estimate of drug-likeness (QED) is 0.0742. The first-order valence-corrected chi connectivity index (χ1v) is 15.6. The van der Waals surface area contributed by atoms with Gasteiger partial charge in [-0.05, 0) is 30.7 Å². The Bertz CT molecular complexity index is 1030. The minimum atomic E-state index is -1.50. The van der Waals surface area contributed by atoms with Gasteiger partial charge >= 0.3 is 5.97 Å². The van der Waals surface area contributed by atoms with Gasteiger partial charge in [-0.2, -0.15) is 5.10 Å². The molecule has 0 amide bonds. The molecule has 0 fully saturated rings. The van der Waals surface area contributed by atoms with Crippen molar-refractivity contribution in [2.24, 2.45) is 10.4 Å². The average molecular weight is 572 g/mol. The Morgan fingerprint density at radius 2 is 1.48 bits per heavy atom. The molecule has 222 valence electrons. The molecule has 1 aromatic carbocycles. The standard InChI is InChI=1S/C33H50ClN3O3/c1-5-6-7-8-9-10-11-12-13-14-15-16-17-18-24-40-30(38)27-20-19-21-28(25-27)35-26-33(34,29-22-23-36-37-29)31(39)32(2,3)4/h19-23,25-26H,5-18,24H2,1-4H3,(H,36,37). The summed E-state index contributed by atoms with van der Waals surface area (Å²) in [5, 5.41) is 6.73. The number of hydrogen-bond acceptors (Lipinski definition) is 5. The van der Waals surface area contributed by atoms with Crippen LogP contribution in [0.3, 0.4) is 0 Å². The number of nitrogens with zero attached hydrogens (tertiary/aromatic N) is 2. The molecule has 0 saturated heterocycles. The summed E-state index contributed by atoms with van der Waals surface area (Å²) < 4.78 is 5.49. The molecule has 0 radical (unpaired) electrons. The first-order chi connectivity index (χ1) is 19.2. The highest BCUT2D eigenvalue weighted by molar-refractivity contribution is 6.44. The van der Waals surface area contributed by atoms with Gasteiger partial charge in [0, 0.05) is 17.8 Å². The number of alkyl halides is 1. The number of Topliss-reactive ketones (excluding diaryl/α,β-unsaturated/α-hetero) is 1. The van der Waals surface area contributed by atoms with Crippen LogP contribution >= 0.6 is 11.6 Å². The van der Waals surface area contributed by atoms with Crippen LogP contribution in [0, 0.1) is 5.41 Å². The van der Waals surface area contributed by atoms with Crippen molar-refractivity contribution in [3.8, 4) is 0 Å². The highest BCUT2D eigenvalue weighted by Gasteiger charge is 2.43. The zero-order valence-electron chi connectivity index (χ0n) is 25.1. The lowest BCUT2D eigenvalue weighted by Gasteiger charge is -2.27. The number of hydrogen-bond donors (Lipinski definition) is 1. The van der Waals surface area contributed by atoms with Crippen molar-refractivity contribution in [2.45, 2.75) is 122 Å². The van der Waals surface area contributed by atoms with E-state index in [1.165, 1.54) is 83.3 Å². The number of ether oxygens (including phenoxy) is 1. The summed E-state index contributed by atoms with van der Waals surface area (Å²) in [5.41, 5.74) is 0.681. The Morgan fingerprint density at radius 3 is 2.00 bits per heavy atom. The summed E-state index contributed by atoms with van der Waals surface area (Å²) in [6, 6.07) is 8.51. The Balaban J connectivity index is 1.70. The Morgan fingerprint density at radius 1 is 0.900 bits per heavy atom. The Hall–Kier alpha value is -2.47. The minimum Gasteiger partial charge on any atom is -0.462 e. The van der Waals surface area contributed by atoms with Crippen LogP contribution in [0.2, 0.25) is 0 Å². The maximum Gasteiger partial charge on any atom is 0.338 e. The van der Waals surface area contributed by atoms with Crippen molar-refractivity contribution < 1.29 is 14.3 Å². The minimum absolute atomic E-state index is 0.210. The molecule has 6 nitrogen and oxygen atoms in total. The monoisotopic (exact) mass is 571 g/mol. The smallest absolute Gasteiger partial charge is 0.338 e. The molecule has 0 saturated carbocycles. The van der Waals surface area contributed by atoms with Gasteiger partial charge in [-0.25, -0.2) is 4.79 Å². The summed E-state index contributed by atoms with van der Waals surface area (Å²) in [4.78, 5) is 28.7. The molecule has 0 aliphatic carbocycles. The molecule has 2 aromatic rings. The second-order valence-corrected chi connectivity index (χ2v) is 12.4. The third kappa shape index (κ3) is 12.0. The number of aromatic amines is 1. The highest BCUT2D eigenvalue weighted by atomic mass is 35.5. The van der Waals surface area contributed by atoms with Gasteiger partial charge in [0.1, 0.15) is 0 Å². The summed E-state index contributed by atoms with van der Waals surface area (Å²) in [5.74, 6) is -0.582. The number of esters is 1. The number of carbonyl (C=O) groups is 2. The van der Waals surface area contributed by atoms with Crippen LogP contribution in [0.5, 0.6) is 0 Å². The van der Waals surface area contributed by atoms with Crippen molar-refractivity contribution in [3.05, 3.63) is 47.8 Å². The topological polar surface area (TPSA) is 84.4 Å². The van der Waals surface area contributed by atoms with Crippen LogP contribution in [0.25, 0.3) is 0 Å². The van der Waals surface area contributed by atoms with Gasteiger partial charge in [0.25, 0.3) is 0 Å². The summed E-state index contributed by atoms with van der Waals surface area (Å²) in [6.07, 6.45) is 21.0. The van der Waals surface area contributed by atoms with Crippen LogP contribution in [-0.4, -0.2) is 34.8 Å². The molecular formula is C33H50ClN3O3. The van der Waals surface area contributed by atoms with Gasteiger partial charge in [-0.15, -0.1) is 0 Å². The second kappa shape index (κ2) is 18.1. The van der Waals surface area contributed by atoms with E-state index in [1.807, 2.05) is 20.8 Å². The number of unbranched alkanes of at least 4 members (excludes halogenated alkanes) is 13. The fraction of sp³-hybridized carbons (Fsp3) is 0.636. The van der Waals surface area contributed by atoms with Gasteiger partial charge in [-0.3, -0.25) is 14.9 Å². The first-order valence-electron chi connectivity index (χ1n) is 15.2. The van der Waals surface area contributed by atoms with Gasteiger partial charge in [0.05, 0.1) is 23.6 Å². The summed E-state index contributed by atoms with van der Waals surface area (Å²) in [7, 11) is 0. The van der Waals surface area contributed by atoms with Crippen LogP contribution in [-0.2, 0) is 14.4 Å². The number of carbonyl (C=O) groups excluding carboxylic acids is 2. The number of benzene rings is 1. The molecule has 0 aliphatic rings. The van der Waals surface area contributed by atoms with Gasteiger partial charge in [-0.1, -0.05) is 129 Å². The van der Waals surface area contributed by atoms with Crippen molar-refractivity contribution >= 4 is 35.3 Å². The van der Waals surface area contributed by atoms with E-state index in [-0.39, 0.29) is 11.8 Å². The second-order valence-electron chi connectivity index (χ2n) is 11.8. The number of aromatic nitrogens is 2. The van der Waals surface area contributed by atoms with E-state index < -0.39 is 10.3 Å². The highest BCUT2D eigenvalue weighted by Crippen LogP contribution is 2.35. The van der Waals surface area contributed by atoms with E-state index >= 15 is 0 Å². The number of ketones is 1. The fourth-order valence-corrected chi connectivity index (χ4v) is 5.11. The predicted molar refractivity (Wildman–Crippen MR) is 166 cm³/mol. The molecule has 40 heavy (non-hydrogen) atoms. The fourth-order valence-electron chi connectivity index (χ4n) is 4.68. The number of H-pyrrole nitrogens is 1. The third-order valence-corrected chi connectivity index (χ3v) is 7.58. The number of rotatable bonds is 20. The SMILES string of the molecule is CCCCCCCCCCCCCCCCOC(=O)c1cccc(N=CC(Cl)(C(=O)C(C)(C)C)c2ccn[nH]2)c1. The number of nitrogens with one attached hydrogen (secondary N) is 1. The van der Waals surface area contributed by atoms with Gasteiger partial charge in [0.15, 0.2) is 10.7 Å². The lowest BCUT2D eigenvalue weighted by Crippen LogP contribution is -2.40. The molecule has 1 N–H and O–H groups in total. The van der Waals surface area contributed by atoms with Crippen molar-refractivity contribution in [1.29, 1.82) is 0 Å². The van der Waals surface area contributed by atoms with Crippen LogP contribution in [0.1, 0.15) is 134 Å². The molecule has 0 spiro atoms. The molecule has 1 unspecified atom stereocenters. The summed E-state index contributed by atoms with van der Waals surface area (Å²) >= 11 is 6.81. The molecule has 2 rings (SSSR count). The Labute approximate surface area is 246 Å². The zero-order valence-corrected chi connectivity index (χ0v) is 25.9. The molecule has 0 aliphatic heterocycles. The van der Waals surface area contributed by atoms with Crippen LogP contribution in [0.4, 0.5) is 5.69 Å². The lowest BCUT2D eigenvalue weighted by atomic mass is 9.81. The molecule has 1 aromatic heterocycles. The van der Waals surface area contributed by atoms with E-state index in [9.17, 15) is 9.59 Å². The van der Waals surface area contributed by atoms with Crippen LogP contribution in [0.15, 0.2) is 41.5 Å². The Kier molecular flexibility index (Phi) is 15.2. The molecule has 1 heterocycles. The van der Waals surface area contributed by atoms with Crippen molar-refractivity contribution in [2.75, 3.05) is 6.61 Å². The lowest BCUT2D eigenvalue weighted by molar-refractivity contribution is -0.127. The first kappa shape index (κ1) is 33.7. The van der Waals surface area contributed by atoms with Gasteiger partial charge < -0.3 is 4.74 Å². The average Bonchev–Trinajstić information content (AvgIpc) is 3.49. The van der Waals surface area contributed by atoms with E-state index in [0.717, 1.165) is 12.8 Å². The zero-order chi connectivity index (χ0) is 29.3. The van der Waals surface area contributed by atoms with Crippen molar-refractivity contribution in [1.82, 2.24) is 10.2 Å². The largest absolute Gasteiger partial charge is 0.462 e. The maximum atomic E-state index is 13.2. The maximum absolute atomic E-state index is 13.2. The van der Waals surface area contributed by atoms with E-state index in [4.69, 9.17) is 16.3 Å². The van der Waals surface area contributed by atoms with Crippen molar-refractivity contribution in [3.63, 3.8) is 0 Å². The van der Waals surface area contributed by atoms with E-state index in [0.29, 0.717) is 23.6 Å². The van der Waals surface area contributed by atoms with E-state index in [1.54, 1.807) is 36.5 Å². The van der Waals surface area contributed by atoms with Gasteiger partial charge in [0.2, 0.25) is 0 Å².